The first kappa shape index (κ1) is 16.7. The van der Waals surface area contributed by atoms with Gasteiger partial charge in [0.25, 0.3) is 11.8 Å². The van der Waals surface area contributed by atoms with Gasteiger partial charge in [0.2, 0.25) is 0 Å². The Morgan fingerprint density at radius 1 is 1.33 bits per heavy atom. The Kier molecular flexibility index (Phi) is 4.97. The maximum Gasteiger partial charge on any atom is 0.265 e. The van der Waals surface area contributed by atoms with E-state index in [0.29, 0.717) is 29.2 Å². The van der Waals surface area contributed by atoms with Crippen LogP contribution in [0.2, 0.25) is 0 Å². The van der Waals surface area contributed by atoms with E-state index in [1.165, 1.54) is 11.3 Å². The number of likely N-dealkylation sites (tertiary alicyclic amines) is 1. The smallest absolute Gasteiger partial charge is 0.265 e. The number of thiophene rings is 1. The Balaban J connectivity index is 1.69. The quantitative estimate of drug-likeness (QED) is 0.896. The standard InChI is InChI=1S/C18H20N2O3S/c1-12(21)14-7-8-20(11-14)18(23)13-4-2-5-15(10-13)19-17(22)16-6-3-9-24-16/h2-6,9-10,12,14,21H,7-8,11H2,1H3,(H,19,22). The fraction of sp³-hybridized carbons (Fsp3) is 0.333. The van der Waals surface area contributed by atoms with E-state index < -0.39 is 6.10 Å². The van der Waals surface area contributed by atoms with E-state index in [2.05, 4.69) is 5.32 Å². The first-order chi connectivity index (χ1) is 11.5. The van der Waals surface area contributed by atoms with Gasteiger partial charge < -0.3 is 15.3 Å². The number of carbonyl (C=O) groups excluding carboxylic acids is 2. The van der Waals surface area contributed by atoms with E-state index >= 15 is 0 Å². The number of aliphatic hydroxyl groups is 1. The predicted octanol–water partition coefficient (Wildman–Crippen LogP) is 2.84. The van der Waals surface area contributed by atoms with Crippen molar-refractivity contribution in [2.24, 2.45) is 5.92 Å². The lowest BCUT2D eigenvalue weighted by atomic mass is 10.0. The third-order valence-corrected chi connectivity index (χ3v) is 5.18. The molecule has 24 heavy (non-hydrogen) atoms. The number of aliphatic hydroxyl groups excluding tert-OH is 1. The molecule has 1 aliphatic heterocycles. The lowest BCUT2D eigenvalue weighted by Crippen LogP contribution is -2.30. The Hall–Kier alpha value is -2.18. The molecule has 1 aromatic heterocycles. The molecule has 2 amide bonds. The highest BCUT2D eigenvalue weighted by atomic mass is 32.1. The normalized spacial score (nSPS) is 18.4. The number of nitrogens with one attached hydrogen (secondary N) is 1. The third-order valence-electron chi connectivity index (χ3n) is 4.31. The Morgan fingerprint density at radius 2 is 2.17 bits per heavy atom. The number of carbonyl (C=O) groups is 2. The summed E-state index contributed by atoms with van der Waals surface area (Å²) in [5, 5.41) is 14.3. The van der Waals surface area contributed by atoms with E-state index in [4.69, 9.17) is 0 Å². The second-order valence-corrected chi connectivity index (χ2v) is 7.00. The fourth-order valence-corrected chi connectivity index (χ4v) is 3.50. The summed E-state index contributed by atoms with van der Waals surface area (Å²) in [6.07, 6.45) is 0.414. The van der Waals surface area contributed by atoms with Crippen molar-refractivity contribution in [2.75, 3.05) is 18.4 Å². The van der Waals surface area contributed by atoms with E-state index in [9.17, 15) is 14.7 Å². The van der Waals surface area contributed by atoms with Crippen molar-refractivity contribution in [3.8, 4) is 0 Å². The molecule has 0 saturated carbocycles. The van der Waals surface area contributed by atoms with Crippen LogP contribution in [0.1, 0.15) is 33.4 Å². The number of nitrogens with zero attached hydrogens (tertiary/aromatic N) is 1. The van der Waals surface area contributed by atoms with Gasteiger partial charge in [-0.3, -0.25) is 9.59 Å². The lowest BCUT2D eigenvalue weighted by molar-refractivity contribution is 0.0762. The van der Waals surface area contributed by atoms with Crippen LogP contribution in [0.4, 0.5) is 5.69 Å². The Bertz CT molecular complexity index is 728. The van der Waals surface area contributed by atoms with Gasteiger partial charge in [-0.1, -0.05) is 12.1 Å². The summed E-state index contributed by atoms with van der Waals surface area (Å²) in [6.45, 7) is 2.99. The molecule has 1 fully saturated rings. The molecule has 5 nitrogen and oxygen atoms in total. The van der Waals surface area contributed by atoms with Gasteiger partial charge in [-0.15, -0.1) is 11.3 Å². The zero-order valence-corrected chi connectivity index (χ0v) is 14.3. The molecule has 2 unspecified atom stereocenters. The van der Waals surface area contributed by atoms with Crippen molar-refractivity contribution < 1.29 is 14.7 Å². The van der Waals surface area contributed by atoms with Crippen LogP contribution in [0, 0.1) is 5.92 Å². The van der Waals surface area contributed by atoms with Crippen molar-refractivity contribution in [2.45, 2.75) is 19.4 Å². The highest BCUT2D eigenvalue weighted by Crippen LogP contribution is 2.23. The van der Waals surface area contributed by atoms with Gasteiger partial charge in [-0.2, -0.15) is 0 Å². The number of anilines is 1. The molecule has 2 N–H and O–H groups in total. The molecule has 1 aromatic carbocycles. The van der Waals surface area contributed by atoms with Crippen LogP contribution >= 0.6 is 11.3 Å². The molecule has 1 aliphatic rings. The number of benzene rings is 1. The zero-order chi connectivity index (χ0) is 17.1. The summed E-state index contributed by atoms with van der Waals surface area (Å²) >= 11 is 1.37. The number of hydrogen-bond acceptors (Lipinski definition) is 4. The van der Waals surface area contributed by atoms with E-state index in [1.807, 2.05) is 11.4 Å². The molecule has 0 radical (unpaired) electrons. The van der Waals surface area contributed by atoms with Crippen LogP contribution in [0.3, 0.4) is 0 Å². The summed E-state index contributed by atoms with van der Waals surface area (Å²) in [4.78, 5) is 27.1. The van der Waals surface area contributed by atoms with Gasteiger partial charge in [0.1, 0.15) is 0 Å². The maximum absolute atomic E-state index is 12.6. The molecule has 3 rings (SSSR count). The van der Waals surface area contributed by atoms with Gasteiger partial charge in [-0.05, 0) is 43.0 Å². The monoisotopic (exact) mass is 344 g/mol. The fourth-order valence-electron chi connectivity index (χ4n) is 2.88. The summed E-state index contributed by atoms with van der Waals surface area (Å²) in [6, 6.07) is 10.6. The summed E-state index contributed by atoms with van der Waals surface area (Å²) in [5.41, 5.74) is 1.15. The van der Waals surface area contributed by atoms with Crippen LogP contribution in [0.25, 0.3) is 0 Å². The second-order valence-electron chi connectivity index (χ2n) is 6.05. The largest absolute Gasteiger partial charge is 0.393 e. The van der Waals surface area contributed by atoms with Gasteiger partial charge in [0.15, 0.2) is 0 Å². The molecule has 0 bridgehead atoms. The van der Waals surface area contributed by atoms with Gasteiger partial charge in [0.05, 0.1) is 11.0 Å². The minimum absolute atomic E-state index is 0.0645. The van der Waals surface area contributed by atoms with E-state index in [-0.39, 0.29) is 17.7 Å². The topological polar surface area (TPSA) is 69.6 Å². The van der Waals surface area contributed by atoms with Gasteiger partial charge in [-0.25, -0.2) is 0 Å². The molecule has 2 atom stereocenters. The molecule has 2 aromatic rings. The number of rotatable bonds is 4. The lowest BCUT2D eigenvalue weighted by Gasteiger charge is -2.18. The first-order valence-corrected chi connectivity index (χ1v) is 8.85. The molecule has 1 saturated heterocycles. The second kappa shape index (κ2) is 7.15. The van der Waals surface area contributed by atoms with Crippen LogP contribution in [-0.4, -0.2) is 41.0 Å². The molecule has 0 spiro atoms. The molecule has 6 heteroatoms. The molecular weight excluding hydrogens is 324 g/mol. The SMILES string of the molecule is CC(O)C1CCN(C(=O)c2cccc(NC(=O)c3cccs3)c2)C1. The summed E-state index contributed by atoms with van der Waals surface area (Å²) in [7, 11) is 0. The Labute approximate surface area is 144 Å². The van der Waals surface area contributed by atoms with Gasteiger partial charge >= 0.3 is 0 Å². The van der Waals surface area contributed by atoms with Gasteiger partial charge in [0, 0.05) is 30.3 Å². The van der Waals surface area contributed by atoms with E-state index in [1.54, 1.807) is 42.2 Å². The van der Waals surface area contributed by atoms with Crippen molar-refractivity contribution in [3.63, 3.8) is 0 Å². The van der Waals surface area contributed by atoms with Crippen molar-refractivity contribution >= 4 is 28.8 Å². The van der Waals surface area contributed by atoms with Crippen molar-refractivity contribution in [1.82, 2.24) is 4.90 Å². The summed E-state index contributed by atoms with van der Waals surface area (Å²) in [5.74, 6) is -0.106. The third kappa shape index (κ3) is 3.66. The first-order valence-electron chi connectivity index (χ1n) is 7.97. The van der Waals surface area contributed by atoms with Crippen LogP contribution < -0.4 is 5.32 Å². The van der Waals surface area contributed by atoms with Crippen LogP contribution in [-0.2, 0) is 0 Å². The average Bonchev–Trinajstić information content (AvgIpc) is 3.26. The van der Waals surface area contributed by atoms with E-state index in [0.717, 1.165) is 6.42 Å². The number of hydrogen-bond donors (Lipinski definition) is 2. The molecule has 126 valence electrons. The molecule has 0 aliphatic carbocycles. The highest BCUT2D eigenvalue weighted by Gasteiger charge is 2.29. The zero-order valence-electron chi connectivity index (χ0n) is 13.4. The Morgan fingerprint density at radius 3 is 2.83 bits per heavy atom. The van der Waals surface area contributed by atoms with Crippen molar-refractivity contribution in [3.05, 3.63) is 52.2 Å². The molecule has 2 heterocycles. The highest BCUT2D eigenvalue weighted by molar-refractivity contribution is 7.12. The van der Waals surface area contributed by atoms with Crippen LogP contribution in [0.15, 0.2) is 41.8 Å². The summed E-state index contributed by atoms with van der Waals surface area (Å²) < 4.78 is 0. The maximum atomic E-state index is 12.6. The number of amides is 2. The average molecular weight is 344 g/mol. The minimum atomic E-state index is -0.404. The van der Waals surface area contributed by atoms with Crippen LogP contribution in [0.5, 0.6) is 0 Å². The minimum Gasteiger partial charge on any atom is -0.393 e. The van der Waals surface area contributed by atoms with Crippen molar-refractivity contribution in [1.29, 1.82) is 0 Å². The predicted molar refractivity (Wildman–Crippen MR) is 94.4 cm³/mol. The molecular formula is C18H20N2O3S.